The Balaban J connectivity index is 1.87. The van der Waals surface area contributed by atoms with Gasteiger partial charge in [-0.2, -0.15) is 4.31 Å². The molecule has 0 saturated carbocycles. The van der Waals surface area contributed by atoms with Crippen LogP contribution in [-0.2, 0) is 32.7 Å². The molecule has 0 aliphatic carbocycles. The normalized spacial score (nSPS) is 21.6. The zero-order valence-electron chi connectivity index (χ0n) is 20.3. The molecule has 3 atom stereocenters. The lowest BCUT2D eigenvalue weighted by molar-refractivity contribution is -0.136. The van der Waals surface area contributed by atoms with Gasteiger partial charge in [0.1, 0.15) is 0 Å². The van der Waals surface area contributed by atoms with Crippen molar-refractivity contribution < 1.29 is 23.1 Å². The molecule has 1 aliphatic heterocycles. The number of sulfonamides is 1. The largest absolute Gasteiger partial charge is 0.394 e. The lowest BCUT2D eigenvalue weighted by Crippen LogP contribution is -2.47. The Morgan fingerprint density at radius 3 is 2.82 bits per heavy atom. The van der Waals surface area contributed by atoms with E-state index in [1.165, 1.54) is 11.4 Å². The number of rotatable bonds is 6. The van der Waals surface area contributed by atoms with Crippen LogP contribution < -0.4 is 0 Å². The molecule has 1 aromatic heterocycles. The molecule has 0 saturated heterocycles. The van der Waals surface area contributed by atoms with Crippen LogP contribution in [0.2, 0.25) is 0 Å². The third-order valence-corrected chi connectivity index (χ3v) is 8.09. The number of aromatic nitrogens is 3. The van der Waals surface area contributed by atoms with E-state index in [1.54, 1.807) is 40.9 Å². The fraction of sp³-hybridized carbons (Fsp3) is 0.609. The van der Waals surface area contributed by atoms with Crippen LogP contribution in [0.1, 0.15) is 37.9 Å². The molecule has 11 heteroatoms. The van der Waals surface area contributed by atoms with E-state index < -0.39 is 16.1 Å². The van der Waals surface area contributed by atoms with Gasteiger partial charge in [-0.05, 0) is 38.0 Å². The lowest BCUT2D eigenvalue weighted by Gasteiger charge is -2.35. The minimum atomic E-state index is -3.73. The minimum absolute atomic E-state index is 0.0601. The zero-order chi connectivity index (χ0) is 24.9. The Bertz CT molecular complexity index is 1070. The van der Waals surface area contributed by atoms with Crippen molar-refractivity contribution in [2.24, 2.45) is 5.92 Å². The van der Waals surface area contributed by atoms with E-state index in [4.69, 9.17) is 4.74 Å². The fourth-order valence-corrected chi connectivity index (χ4v) is 5.34. The third-order valence-electron chi connectivity index (χ3n) is 6.27. The molecule has 0 fully saturated rings. The van der Waals surface area contributed by atoms with Gasteiger partial charge >= 0.3 is 0 Å². The van der Waals surface area contributed by atoms with Gasteiger partial charge in [-0.1, -0.05) is 24.3 Å². The molecule has 0 spiro atoms. The number of fused-ring (bicyclic) bond motifs is 1. The maximum atomic E-state index is 13.2. The van der Waals surface area contributed by atoms with Crippen LogP contribution in [0.5, 0.6) is 0 Å². The number of carbonyl (C=O) groups is 1. The summed E-state index contributed by atoms with van der Waals surface area (Å²) < 4.78 is 35.7. The van der Waals surface area contributed by atoms with Crippen molar-refractivity contribution in [2.45, 2.75) is 63.8 Å². The highest BCUT2D eigenvalue weighted by molar-refractivity contribution is 7.89. The van der Waals surface area contributed by atoms with Gasteiger partial charge in [0.05, 0.1) is 42.1 Å². The fourth-order valence-electron chi connectivity index (χ4n) is 4.05. The number of hydrogen-bond donors (Lipinski definition) is 1. The Labute approximate surface area is 201 Å². The van der Waals surface area contributed by atoms with Crippen molar-refractivity contribution in [1.29, 1.82) is 0 Å². The quantitative estimate of drug-likeness (QED) is 0.647. The highest BCUT2D eigenvalue weighted by Gasteiger charge is 2.31. The number of aliphatic hydroxyl groups is 1. The molecule has 0 bridgehead atoms. The monoisotopic (exact) mass is 493 g/mol. The van der Waals surface area contributed by atoms with Gasteiger partial charge < -0.3 is 14.7 Å². The molecule has 0 unspecified atom stereocenters. The van der Waals surface area contributed by atoms with Crippen LogP contribution in [0.25, 0.3) is 0 Å². The summed E-state index contributed by atoms with van der Waals surface area (Å²) in [6.07, 6.45) is 2.04. The van der Waals surface area contributed by atoms with Gasteiger partial charge in [0.15, 0.2) is 0 Å². The summed E-state index contributed by atoms with van der Waals surface area (Å²) in [7, 11) is -2.19. The van der Waals surface area contributed by atoms with Gasteiger partial charge in [-0.15, -0.1) is 5.10 Å². The summed E-state index contributed by atoms with van der Waals surface area (Å²) >= 11 is 0. The first-order valence-electron chi connectivity index (χ1n) is 11.6. The predicted octanol–water partition coefficient (Wildman–Crippen LogP) is 1.43. The number of ether oxygens (including phenoxy) is 1. The van der Waals surface area contributed by atoms with E-state index in [9.17, 15) is 18.3 Å². The Morgan fingerprint density at radius 2 is 2.12 bits per heavy atom. The highest BCUT2D eigenvalue weighted by atomic mass is 32.2. The second kappa shape index (κ2) is 11.4. The third kappa shape index (κ3) is 6.21. The lowest BCUT2D eigenvalue weighted by atomic mass is 10.0. The molecule has 1 aliphatic rings. The maximum absolute atomic E-state index is 13.2. The van der Waals surface area contributed by atoms with Gasteiger partial charge in [-0.25, -0.2) is 13.1 Å². The smallest absolute Gasteiger partial charge is 0.242 e. The average Bonchev–Trinajstić information content (AvgIpc) is 3.25. The number of carbonyl (C=O) groups excluding carboxylic acids is 1. The Hall–Kier alpha value is -2.34. The Kier molecular flexibility index (Phi) is 8.80. The topological polar surface area (TPSA) is 118 Å². The molecule has 188 valence electrons. The van der Waals surface area contributed by atoms with Crippen LogP contribution in [0, 0.1) is 12.8 Å². The number of aryl methyl sites for hydroxylation is 2. The predicted molar refractivity (Wildman–Crippen MR) is 126 cm³/mol. The SMILES string of the molecule is Cc1cccc(S(=O)(=O)N(C)C[C@H]2OCc3cnnn3CCCC(=O)N([C@H](C)CO)C[C@@H]2C)c1. The van der Waals surface area contributed by atoms with Gasteiger partial charge in [0.2, 0.25) is 15.9 Å². The summed E-state index contributed by atoms with van der Waals surface area (Å²) in [6, 6.07) is 6.44. The van der Waals surface area contributed by atoms with E-state index in [1.807, 2.05) is 19.9 Å². The molecular formula is C23H35N5O5S. The number of aliphatic hydroxyl groups excluding tert-OH is 1. The second-order valence-electron chi connectivity index (χ2n) is 9.06. The van der Waals surface area contributed by atoms with Crippen molar-refractivity contribution in [1.82, 2.24) is 24.2 Å². The summed E-state index contributed by atoms with van der Waals surface area (Å²) in [5.41, 5.74) is 1.63. The van der Waals surface area contributed by atoms with Crippen LogP contribution in [0.3, 0.4) is 0 Å². The highest BCUT2D eigenvalue weighted by Crippen LogP contribution is 2.21. The van der Waals surface area contributed by atoms with Crippen molar-refractivity contribution in [2.75, 3.05) is 26.7 Å². The van der Waals surface area contributed by atoms with E-state index in [-0.39, 0.29) is 42.5 Å². The molecule has 10 nitrogen and oxygen atoms in total. The van der Waals surface area contributed by atoms with Crippen molar-refractivity contribution >= 4 is 15.9 Å². The molecule has 1 amide bonds. The number of amides is 1. The number of likely N-dealkylation sites (N-methyl/N-ethyl adjacent to an activating group) is 1. The Morgan fingerprint density at radius 1 is 1.35 bits per heavy atom. The molecular weight excluding hydrogens is 458 g/mol. The summed E-state index contributed by atoms with van der Waals surface area (Å²) in [5, 5.41) is 17.8. The molecule has 1 N–H and O–H groups in total. The summed E-state index contributed by atoms with van der Waals surface area (Å²) in [5.74, 6) is -0.257. The molecule has 34 heavy (non-hydrogen) atoms. The number of benzene rings is 1. The maximum Gasteiger partial charge on any atom is 0.242 e. The van der Waals surface area contributed by atoms with Gasteiger partial charge in [0.25, 0.3) is 0 Å². The van der Waals surface area contributed by atoms with Crippen LogP contribution in [0.15, 0.2) is 35.4 Å². The minimum Gasteiger partial charge on any atom is -0.394 e. The first-order chi connectivity index (χ1) is 16.1. The van der Waals surface area contributed by atoms with Crippen molar-refractivity contribution in [3.05, 3.63) is 41.7 Å². The number of hydrogen-bond acceptors (Lipinski definition) is 7. The van der Waals surface area contributed by atoms with Gasteiger partial charge in [-0.3, -0.25) is 4.79 Å². The van der Waals surface area contributed by atoms with E-state index in [0.29, 0.717) is 25.9 Å². The van der Waals surface area contributed by atoms with E-state index >= 15 is 0 Å². The van der Waals surface area contributed by atoms with E-state index in [0.717, 1.165) is 11.3 Å². The first kappa shape index (κ1) is 26.3. The zero-order valence-corrected chi connectivity index (χ0v) is 21.1. The van der Waals surface area contributed by atoms with Gasteiger partial charge in [0, 0.05) is 39.0 Å². The van der Waals surface area contributed by atoms with E-state index in [2.05, 4.69) is 10.3 Å². The summed E-state index contributed by atoms with van der Waals surface area (Å²) in [4.78, 5) is 14.8. The second-order valence-corrected chi connectivity index (χ2v) is 11.1. The molecule has 0 radical (unpaired) electrons. The number of nitrogens with zero attached hydrogens (tertiary/aromatic N) is 5. The molecule has 3 rings (SSSR count). The van der Waals surface area contributed by atoms with Crippen molar-refractivity contribution in [3.63, 3.8) is 0 Å². The average molecular weight is 494 g/mol. The first-order valence-corrected chi connectivity index (χ1v) is 13.0. The molecule has 2 aromatic rings. The molecule has 1 aromatic carbocycles. The van der Waals surface area contributed by atoms with Crippen LogP contribution >= 0.6 is 0 Å². The van der Waals surface area contributed by atoms with Crippen molar-refractivity contribution in [3.8, 4) is 0 Å². The van der Waals surface area contributed by atoms with Crippen LogP contribution in [-0.4, -0.2) is 82.5 Å². The summed E-state index contributed by atoms with van der Waals surface area (Å²) in [6.45, 7) is 6.63. The standard InChI is InChI=1S/C23H35N5O5S/c1-17-7-5-8-21(11-17)34(31,32)26(4)14-22-18(2)13-27(19(3)15-29)23(30)9-6-10-28-20(16-33-22)12-24-25-28/h5,7-8,11-12,18-19,22,29H,6,9-10,13-16H2,1-4H3/t18-,19+,22+/m0/s1. The van der Waals surface area contributed by atoms with Crippen LogP contribution in [0.4, 0.5) is 0 Å². The molecule has 2 heterocycles.